The van der Waals surface area contributed by atoms with Crippen molar-refractivity contribution >= 4 is 0 Å². The average molecular weight is 263 g/mol. The SMILES string of the molecule is CC1CN2CCCCC2CN1CCCC(C)(C)C#N. The summed E-state index contributed by atoms with van der Waals surface area (Å²) in [5.41, 5.74) is -0.157. The third-order valence-corrected chi connectivity index (χ3v) is 4.87. The van der Waals surface area contributed by atoms with Crippen molar-refractivity contribution in [1.29, 1.82) is 5.26 Å². The summed E-state index contributed by atoms with van der Waals surface area (Å²) in [5.74, 6) is 0. The summed E-state index contributed by atoms with van der Waals surface area (Å²) in [6.45, 7) is 11.4. The van der Waals surface area contributed by atoms with Gasteiger partial charge < -0.3 is 0 Å². The normalized spacial score (nSPS) is 29.8. The van der Waals surface area contributed by atoms with Crippen LogP contribution in [0.1, 0.15) is 52.9 Å². The van der Waals surface area contributed by atoms with E-state index in [-0.39, 0.29) is 5.41 Å². The topological polar surface area (TPSA) is 30.3 Å². The molecule has 0 spiro atoms. The second-order valence-electron chi connectivity index (χ2n) is 7.09. The van der Waals surface area contributed by atoms with Crippen LogP contribution in [0.25, 0.3) is 0 Å². The van der Waals surface area contributed by atoms with Crippen LogP contribution in [0.2, 0.25) is 0 Å². The maximum absolute atomic E-state index is 9.07. The first-order valence-corrected chi connectivity index (χ1v) is 7.91. The van der Waals surface area contributed by atoms with Gasteiger partial charge in [-0.2, -0.15) is 5.26 Å². The quantitative estimate of drug-likeness (QED) is 0.781. The van der Waals surface area contributed by atoms with E-state index in [1.165, 1.54) is 38.9 Å². The number of nitrogens with zero attached hydrogens (tertiary/aromatic N) is 3. The molecule has 0 aromatic heterocycles. The molecule has 2 aliphatic heterocycles. The second kappa shape index (κ2) is 6.24. The monoisotopic (exact) mass is 263 g/mol. The smallest absolute Gasteiger partial charge is 0.0683 e. The van der Waals surface area contributed by atoms with E-state index in [1.54, 1.807) is 0 Å². The van der Waals surface area contributed by atoms with E-state index in [1.807, 2.05) is 0 Å². The fraction of sp³-hybridized carbons (Fsp3) is 0.938. The van der Waals surface area contributed by atoms with Crippen LogP contribution in [-0.2, 0) is 0 Å². The van der Waals surface area contributed by atoms with Crippen LogP contribution < -0.4 is 0 Å². The van der Waals surface area contributed by atoms with Crippen LogP contribution in [0.4, 0.5) is 0 Å². The highest BCUT2D eigenvalue weighted by molar-refractivity contribution is 4.92. The Morgan fingerprint density at radius 1 is 1.26 bits per heavy atom. The van der Waals surface area contributed by atoms with Gasteiger partial charge in [0.15, 0.2) is 0 Å². The molecule has 0 bridgehead atoms. The Labute approximate surface area is 118 Å². The third kappa shape index (κ3) is 3.94. The van der Waals surface area contributed by atoms with Crippen molar-refractivity contribution in [3.8, 4) is 6.07 Å². The van der Waals surface area contributed by atoms with Crippen LogP contribution in [0.3, 0.4) is 0 Å². The molecular formula is C16H29N3. The maximum atomic E-state index is 9.07. The van der Waals surface area contributed by atoms with E-state index < -0.39 is 0 Å². The van der Waals surface area contributed by atoms with Crippen LogP contribution in [0, 0.1) is 16.7 Å². The summed E-state index contributed by atoms with van der Waals surface area (Å²) < 4.78 is 0. The molecule has 0 aromatic rings. The van der Waals surface area contributed by atoms with E-state index in [4.69, 9.17) is 5.26 Å². The van der Waals surface area contributed by atoms with Gasteiger partial charge in [-0.1, -0.05) is 6.42 Å². The van der Waals surface area contributed by atoms with Gasteiger partial charge >= 0.3 is 0 Å². The number of fused-ring (bicyclic) bond motifs is 1. The molecule has 2 aliphatic rings. The number of nitriles is 1. The Kier molecular flexibility index (Phi) is 4.86. The van der Waals surface area contributed by atoms with Gasteiger partial charge in [0.2, 0.25) is 0 Å². The van der Waals surface area contributed by atoms with Gasteiger partial charge in [-0.25, -0.2) is 0 Å². The van der Waals surface area contributed by atoms with E-state index in [0.29, 0.717) is 6.04 Å². The molecule has 2 heterocycles. The van der Waals surface area contributed by atoms with Crippen LogP contribution in [-0.4, -0.2) is 48.1 Å². The van der Waals surface area contributed by atoms with Gasteiger partial charge in [0.1, 0.15) is 0 Å². The molecule has 0 N–H and O–H groups in total. The van der Waals surface area contributed by atoms with Gasteiger partial charge in [0.05, 0.1) is 11.5 Å². The Hall–Kier alpha value is -0.590. The first-order chi connectivity index (χ1) is 9.02. The summed E-state index contributed by atoms with van der Waals surface area (Å²) >= 11 is 0. The molecule has 108 valence electrons. The van der Waals surface area contributed by atoms with Gasteiger partial charge in [0.25, 0.3) is 0 Å². The van der Waals surface area contributed by atoms with Crippen molar-refractivity contribution in [2.45, 2.75) is 65.0 Å². The predicted octanol–water partition coefficient (Wildman–Crippen LogP) is 2.87. The minimum Gasteiger partial charge on any atom is -0.298 e. The van der Waals surface area contributed by atoms with Crippen molar-refractivity contribution < 1.29 is 0 Å². The minimum absolute atomic E-state index is 0.157. The Bertz CT molecular complexity index is 331. The van der Waals surface area contributed by atoms with Crippen molar-refractivity contribution in [3.05, 3.63) is 0 Å². The van der Waals surface area contributed by atoms with Crippen molar-refractivity contribution in [2.75, 3.05) is 26.2 Å². The molecule has 0 aromatic carbocycles. The summed E-state index contributed by atoms with van der Waals surface area (Å²) in [5, 5.41) is 9.07. The molecule has 19 heavy (non-hydrogen) atoms. The number of rotatable bonds is 4. The average Bonchev–Trinajstić information content (AvgIpc) is 2.39. The van der Waals surface area contributed by atoms with E-state index in [0.717, 1.165) is 25.4 Å². The molecule has 0 radical (unpaired) electrons. The molecule has 3 nitrogen and oxygen atoms in total. The maximum Gasteiger partial charge on any atom is 0.0683 e. The van der Waals surface area contributed by atoms with Crippen LogP contribution >= 0.6 is 0 Å². The highest BCUT2D eigenvalue weighted by Gasteiger charge is 2.32. The molecule has 2 rings (SSSR count). The molecule has 0 saturated carbocycles. The van der Waals surface area contributed by atoms with E-state index in [2.05, 4.69) is 36.6 Å². The second-order valence-corrected chi connectivity index (χ2v) is 7.09. The first kappa shape index (κ1) is 14.8. The zero-order valence-corrected chi connectivity index (χ0v) is 12.9. The Balaban J connectivity index is 1.79. The lowest BCUT2D eigenvalue weighted by Crippen LogP contribution is -2.58. The van der Waals surface area contributed by atoms with Gasteiger partial charge in [-0.05, 0) is 59.5 Å². The molecule has 2 unspecified atom stereocenters. The minimum atomic E-state index is -0.157. The molecule has 0 amide bonds. The van der Waals surface area contributed by atoms with Crippen molar-refractivity contribution in [3.63, 3.8) is 0 Å². The highest BCUT2D eigenvalue weighted by Crippen LogP contribution is 2.25. The number of hydrogen-bond donors (Lipinski definition) is 0. The standard InChI is InChI=1S/C16H29N3/c1-14-11-19-9-5-4-7-15(19)12-18(14)10-6-8-16(2,3)13-17/h14-15H,4-12H2,1-3H3. The first-order valence-electron chi connectivity index (χ1n) is 7.91. The molecule has 2 atom stereocenters. The zero-order valence-electron chi connectivity index (χ0n) is 12.9. The lowest BCUT2D eigenvalue weighted by atomic mass is 9.89. The Morgan fingerprint density at radius 3 is 2.79 bits per heavy atom. The molecular weight excluding hydrogens is 234 g/mol. The lowest BCUT2D eigenvalue weighted by molar-refractivity contribution is 0.0139. The molecule has 2 fully saturated rings. The summed E-state index contributed by atoms with van der Waals surface area (Å²) in [4.78, 5) is 5.35. The number of piperazine rings is 1. The number of piperidine rings is 1. The van der Waals surface area contributed by atoms with E-state index in [9.17, 15) is 0 Å². The molecule has 0 aliphatic carbocycles. The largest absolute Gasteiger partial charge is 0.298 e. The van der Waals surface area contributed by atoms with E-state index >= 15 is 0 Å². The van der Waals surface area contributed by atoms with Gasteiger partial charge in [-0.15, -0.1) is 0 Å². The van der Waals surface area contributed by atoms with Gasteiger partial charge in [0, 0.05) is 25.2 Å². The van der Waals surface area contributed by atoms with Crippen LogP contribution in [0.5, 0.6) is 0 Å². The van der Waals surface area contributed by atoms with Crippen molar-refractivity contribution in [1.82, 2.24) is 9.80 Å². The fourth-order valence-electron chi connectivity index (χ4n) is 3.50. The molecule has 2 saturated heterocycles. The Morgan fingerprint density at radius 2 is 2.05 bits per heavy atom. The number of hydrogen-bond acceptors (Lipinski definition) is 3. The van der Waals surface area contributed by atoms with Crippen molar-refractivity contribution in [2.24, 2.45) is 5.41 Å². The zero-order chi connectivity index (χ0) is 13.9. The molecule has 3 heteroatoms. The summed E-state index contributed by atoms with van der Waals surface area (Å²) in [6.07, 6.45) is 6.34. The van der Waals surface area contributed by atoms with Gasteiger partial charge in [-0.3, -0.25) is 9.80 Å². The third-order valence-electron chi connectivity index (χ3n) is 4.87. The predicted molar refractivity (Wildman–Crippen MR) is 78.9 cm³/mol. The highest BCUT2D eigenvalue weighted by atomic mass is 15.3. The summed E-state index contributed by atoms with van der Waals surface area (Å²) in [6, 6.07) is 3.89. The lowest BCUT2D eigenvalue weighted by Gasteiger charge is -2.47. The fourth-order valence-corrected chi connectivity index (χ4v) is 3.50. The van der Waals surface area contributed by atoms with Crippen LogP contribution in [0.15, 0.2) is 0 Å². The summed E-state index contributed by atoms with van der Waals surface area (Å²) in [7, 11) is 0.